The third kappa shape index (κ3) is 3.88. The monoisotopic (exact) mass is 290 g/mol. The van der Waals surface area contributed by atoms with Gasteiger partial charge in [-0.25, -0.2) is 4.98 Å². The summed E-state index contributed by atoms with van der Waals surface area (Å²) in [6, 6.07) is 9.99. The van der Waals surface area contributed by atoms with Gasteiger partial charge in [0, 0.05) is 23.0 Å². The van der Waals surface area contributed by atoms with Crippen LogP contribution >= 0.6 is 11.3 Å². The zero-order valence-electron chi connectivity index (χ0n) is 12.3. The summed E-state index contributed by atoms with van der Waals surface area (Å²) >= 11 is 1.73. The van der Waals surface area contributed by atoms with Gasteiger partial charge in [-0.2, -0.15) is 0 Å². The third-order valence-electron chi connectivity index (χ3n) is 3.10. The van der Waals surface area contributed by atoms with Crippen molar-refractivity contribution in [1.29, 1.82) is 0 Å². The van der Waals surface area contributed by atoms with Crippen LogP contribution < -0.4 is 5.32 Å². The minimum absolute atomic E-state index is 0.0311. The topological polar surface area (TPSA) is 45.2 Å². The summed E-state index contributed by atoms with van der Waals surface area (Å²) in [5.41, 5.74) is 1.20. The maximum absolute atomic E-state index is 9.52. The molecule has 108 valence electrons. The summed E-state index contributed by atoms with van der Waals surface area (Å²) in [7, 11) is 0. The molecule has 1 atom stereocenters. The van der Waals surface area contributed by atoms with Crippen molar-refractivity contribution in [3.63, 3.8) is 0 Å². The molecule has 3 nitrogen and oxygen atoms in total. The van der Waals surface area contributed by atoms with E-state index in [-0.39, 0.29) is 18.1 Å². The van der Waals surface area contributed by atoms with Crippen LogP contribution in [0, 0.1) is 0 Å². The first-order valence-electron chi connectivity index (χ1n) is 6.85. The summed E-state index contributed by atoms with van der Waals surface area (Å²) in [4.78, 5) is 5.68. The summed E-state index contributed by atoms with van der Waals surface area (Å²) in [6.45, 7) is 7.33. The number of aliphatic hydroxyl groups is 1. The molecule has 0 aliphatic heterocycles. The van der Waals surface area contributed by atoms with Crippen LogP contribution in [-0.2, 0) is 12.0 Å². The van der Waals surface area contributed by atoms with Gasteiger partial charge in [0.05, 0.1) is 17.7 Å². The second-order valence-electron chi connectivity index (χ2n) is 5.91. The Morgan fingerprint density at radius 1 is 1.25 bits per heavy atom. The van der Waals surface area contributed by atoms with Gasteiger partial charge in [0.2, 0.25) is 0 Å². The Bertz CT molecular complexity index is 531. The number of nitrogens with one attached hydrogen (secondary N) is 1. The van der Waals surface area contributed by atoms with Crippen LogP contribution in [0.2, 0.25) is 0 Å². The molecule has 4 heteroatoms. The van der Waals surface area contributed by atoms with Gasteiger partial charge in [-0.1, -0.05) is 51.1 Å². The highest BCUT2D eigenvalue weighted by atomic mass is 32.1. The van der Waals surface area contributed by atoms with E-state index in [1.54, 1.807) is 11.3 Å². The summed E-state index contributed by atoms with van der Waals surface area (Å²) < 4.78 is 0. The van der Waals surface area contributed by atoms with Gasteiger partial charge < -0.3 is 10.4 Å². The highest BCUT2D eigenvalue weighted by Gasteiger charge is 2.18. The third-order valence-corrected chi connectivity index (χ3v) is 4.53. The maximum Gasteiger partial charge on any atom is 0.0981 e. The number of rotatable bonds is 5. The number of aliphatic hydroxyl groups excluding tert-OH is 1. The molecular formula is C16H22N2OS. The van der Waals surface area contributed by atoms with E-state index in [1.165, 1.54) is 4.88 Å². The lowest BCUT2D eigenvalue weighted by molar-refractivity contribution is 0.244. The Kier molecular flexibility index (Phi) is 4.91. The molecule has 2 N–H and O–H groups in total. The van der Waals surface area contributed by atoms with Crippen LogP contribution in [0.15, 0.2) is 36.5 Å². The average Bonchev–Trinajstić information content (AvgIpc) is 2.89. The fourth-order valence-electron chi connectivity index (χ4n) is 1.93. The highest BCUT2D eigenvalue weighted by Crippen LogP contribution is 2.27. The molecule has 1 aromatic carbocycles. The molecule has 0 spiro atoms. The Labute approximate surface area is 124 Å². The molecule has 0 radical (unpaired) electrons. The highest BCUT2D eigenvalue weighted by molar-refractivity contribution is 7.11. The summed E-state index contributed by atoms with van der Waals surface area (Å²) in [5.74, 6) is 0. The quantitative estimate of drug-likeness (QED) is 0.888. The smallest absolute Gasteiger partial charge is 0.0981 e. The van der Waals surface area contributed by atoms with Gasteiger partial charge in [-0.05, 0) is 5.56 Å². The number of benzene rings is 1. The van der Waals surface area contributed by atoms with Crippen LogP contribution in [0.3, 0.4) is 0 Å². The van der Waals surface area contributed by atoms with Crippen LogP contribution in [0.25, 0.3) is 0 Å². The molecule has 2 aromatic rings. The molecule has 0 saturated carbocycles. The van der Waals surface area contributed by atoms with Crippen molar-refractivity contribution in [1.82, 2.24) is 10.3 Å². The minimum atomic E-state index is -0.0311. The van der Waals surface area contributed by atoms with Crippen molar-refractivity contribution < 1.29 is 5.11 Å². The molecule has 1 unspecified atom stereocenters. The zero-order chi connectivity index (χ0) is 14.6. The first kappa shape index (κ1) is 15.2. The fraction of sp³-hybridized carbons (Fsp3) is 0.438. The van der Waals surface area contributed by atoms with Gasteiger partial charge in [0.15, 0.2) is 0 Å². The van der Waals surface area contributed by atoms with E-state index < -0.39 is 0 Å². The van der Waals surface area contributed by atoms with Gasteiger partial charge in [0.1, 0.15) is 0 Å². The number of aromatic nitrogens is 1. The minimum Gasteiger partial charge on any atom is -0.394 e. The molecular weight excluding hydrogens is 268 g/mol. The van der Waals surface area contributed by atoms with Crippen LogP contribution in [0.1, 0.15) is 42.3 Å². The van der Waals surface area contributed by atoms with Gasteiger partial charge in [-0.3, -0.25) is 0 Å². The predicted molar refractivity (Wildman–Crippen MR) is 83.9 cm³/mol. The number of thiazole rings is 1. The van der Waals surface area contributed by atoms with Gasteiger partial charge >= 0.3 is 0 Å². The lowest BCUT2D eigenvalue weighted by Crippen LogP contribution is -2.23. The summed E-state index contributed by atoms with van der Waals surface area (Å²) in [5, 5.41) is 14.1. The molecule has 0 amide bonds. The molecule has 1 aromatic heterocycles. The molecule has 2 rings (SSSR count). The van der Waals surface area contributed by atoms with Crippen LogP contribution in [0.5, 0.6) is 0 Å². The SMILES string of the molecule is CC(C)(C)c1ncc(CNC(CO)c2ccccc2)s1. The summed E-state index contributed by atoms with van der Waals surface area (Å²) in [6.07, 6.45) is 1.93. The molecule has 0 fully saturated rings. The Hall–Kier alpha value is -1.23. The molecule has 0 aliphatic rings. The van der Waals surface area contributed by atoms with E-state index in [4.69, 9.17) is 0 Å². The maximum atomic E-state index is 9.52. The van der Waals surface area contributed by atoms with E-state index in [1.807, 2.05) is 36.5 Å². The van der Waals surface area contributed by atoms with Crippen molar-refractivity contribution in [2.45, 2.75) is 38.8 Å². The van der Waals surface area contributed by atoms with Crippen molar-refractivity contribution in [2.24, 2.45) is 0 Å². The Morgan fingerprint density at radius 3 is 2.50 bits per heavy atom. The number of hydrogen-bond acceptors (Lipinski definition) is 4. The van der Waals surface area contributed by atoms with E-state index in [2.05, 4.69) is 31.1 Å². The average molecular weight is 290 g/mol. The van der Waals surface area contributed by atoms with E-state index in [9.17, 15) is 5.11 Å². The van der Waals surface area contributed by atoms with Crippen molar-refractivity contribution >= 4 is 11.3 Å². The van der Waals surface area contributed by atoms with Gasteiger partial charge in [0.25, 0.3) is 0 Å². The Balaban J connectivity index is 1.99. The first-order valence-corrected chi connectivity index (χ1v) is 7.66. The second kappa shape index (κ2) is 6.48. The fourth-order valence-corrected chi connectivity index (χ4v) is 2.85. The zero-order valence-corrected chi connectivity index (χ0v) is 13.1. The number of hydrogen-bond donors (Lipinski definition) is 2. The van der Waals surface area contributed by atoms with Crippen molar-refractivity contribution in [3.05, 3.63) is 52.0 Å². The predicted octanol–water partition coefficient (Wildman–Crippen LogP) is 3.26. The van der Waals surface area contributed by atoms with Crippen molar-refractivity contribution in [3.8, 4) is 0 Å². The Morgan fingerprint density at radius 2 is 1.95 bits per heavy atom. The molecule has 0 saturated heterocycles. The second-order valence-corrected chi connectivity index (χ2v) is 7.02. The van der Waals surface area contributed by atoms with Crippen LogP contribution in [0.4, 0.5) is 0 Å². The van der Waals surface area contributed by atoms with Crippen molar-refractivity contribution in [2.75, 3.05) is 6.61 Å². The van der Waals surface area contributed by atoms with Gasteiger partial charge in [-0.15, -0.1) is 11.3 Å². The van der Waals surface area contributed by atoms with Crippen LogP contribution in [-0.4, -0.2) is 16.7 Å². The number of nitrogens with zero attached hydrogens (tertiary/aromatic N) is 1. The lowest BCUT2D eigenvalue weighted by atomic mass is 9.98. The van der Waals surface area contributed by atoms with E-state index in [0.29, 0.717) is 0 Å². The normalized spacial score (nSPS) is 13.4. The largest absolute Gasteiger partial charge is 0.394 e. The molecule has 20 heavy (non-hydrogen) atoms. The molecule has 0 aliphatic carbocycles. The molecule has 0 bridgehead atoms. The standard InChI is InChI=1S/C16H22N2OS/c1-16(2,3)15-18-10-13(20-15)9-17-14(11-19)12-7-5-4-6-8-12/h4-8,10,14,17,19H,9,11H2,1-3H3. The first-order chi connectivity index (χ1) is 9.50. The van der Waals surface area contributed by atoms with E-state index in [0.717, 1.165) is 17.1 Å². The van der Waals surface area contributed by atoms with E-state index >= 15 is 0 Å². The molecule has 1 heterocycles. The lowest BCUT2D eigenvalue weighted by Gasteiger charge is -2.16.